The normalized spacial score (nSPS) is 12.6. The van der Waals surface area contributed by atoms with Gasteiger partial charge in [0.1, 0.15) is 12.3 Å². The van der Waals surface area contributed by atoms with Gasteiger partial charge in [-0.25, -0.2) is 4.99 Å². The average molecular weight is 515 g/mol. The number of nitrogens with one attached hydrogen (secondary N) is 2. The molecule has 0 fully saturated rings. The van der Waals surface area contributed by atoms with Crippen LogP contribution < -0.4 is 15.4 Å². The topological polar surface area (TPSA) is 74.9 Å². The van der Waals surface area contributed by atoms with E-state index in [1.54, 1.807) is 7.11 Å². The van der Waals surface area contributed by atoms with Crippen LogP contribution in [0.15, 0.2) is 39.8 Å². The molecule has 1 heterocycles. The number of para-hydroxylation sites is 1. The second-order valence-corrected chi connectivity index (χ2v) is 7.17. The molecule has 2 rings (SSSR count). The number of methoxy groups -OCH3 is 1. The fraction of sp³-hybridized carbons (Fsp3) is 0.524. The quantitative estimate of drug-likeness (QED) is 0.301. The Balaban J connectivity index is 0.00000420. The van der Waals surface area contributed by atoms with Gasteiger partial charge in [-0.15, -0.1) is 24.0 Å². The third-order valence-electron chi connectivity index (χ3n) is 4.49. The Morgan fingerprint density at radius 1 is 1.24 bits per heavy atom. The second-order valence-electron chi connectivity index (χ2n) is 7.17. The summed E-state index contributed by atoms with van der Waals surface area (Å²) in [5, 5.41) is 10.8. The molecule has 29 heavy (non-hydrogen) atoms. The van der Waals surface area contributed by atoms with Gasteiger partial charge >= 0.3 is 0 Å². The molecular weight excluding hydrogens is 481 g/mol. The molecule has 0 saturated heterocycles. The summed E-state index contributed by atoms with van der Waals surface area (Å²) in [4.78, 5) is 6.80. The van der Waals surface area contributed by atoms with Crippen molar-refractivity contribution < 1.29 is 9.26 Å². The number of aromatic nitrogens is 1. The van der Waals surface area contributed by atoms with E-state index in [4.69, 9.17) is 9.26 Å². The zero-order valence-corrected chi connectivity index (χ0v) is 20.6. The van der Waals surface area contributed by atoms with Crippen LogP contribution in [0, 0.1) is 0 Å². The molecule has 8 heteroatoms. The van der Waals surface area contributed by atoms with E-state index in [0.717, 1.165) is 35.3 Å². The first-order valence-electron chi connectivity index (χ1n) is 9.73. The molecule has 0 bridgehead atoms. The predicted molar refractivity (Wildman–Crippen MR) is 128 cm³/mol. The molecule has 0 spiro atoms. The molecule has 0 saturated carbocycles. The highest BCUT2D eigenvalue weighted by Crippen LogP contribution is 2.27. The maximum absolute atomic E-state index is 5.54. The third-order valence-corrected chi connectivity index (χ3v) is 4.49. The molecular formula is C21H34IN5O2. The smallest absolute Gasteiger partial charge is 0.191 e. The lowest BCUT2D eigenvalue weighted by Gasteiger charge is -2.27. The summed E-state index contributed by atoms with van der Waals surface area (Å²) in [5.41, 5.74) is 2.09. The van der Waals surface area contributed by atoms with Gasteiger partial charge in [-0.1, -0.05) is 37.2 Å². The SMILES string of the molecule is CCNC(=NCc1cc(C(C)C)no1)NCC(c1ccccc1OC)N(C)C.I. The van der Waals surface area contributed by atoms with Crippen molar-refractivity contribution in [3.8, 4) is 5.75 Å². The Morgan fingerprint density at radius 3 is 2.55 bits per heavy atom. The Labute approximate surface area is 191 Å². The molecule has 2 aromatic rings. The Kier molecular flexibility index (Phi) is 11.0. The number of rotatable bonds is 9. The van der Waals surface area contributed by atoms with Gasteiger partial charge in [-0.3, -0.25) is 0 Å². The summed E-state index contributed by atoms with van der Waals surface area (Å²) in [7, 11) is 5.82. The summed E-state index contributed by atoms with van der Waals surface area (Å²) < 4.78 is 10.9. The number of ether oxygens (including phenoxy) is 1. The first-order chi connectivity index (χ1) is 13.5. The van der Waals surface area contributed by atoms with E-state index in [2.05, 4.69) is 59.7 Å². The number of nitrogens with zero attached hydrogens (tertiary/aromatic N) is 3. The van der Waals surface area contributed by atoms with Crippen LogP contribution in [-0.4, -0.2) is 50.3 Å². The lowest BCUT2D eigenvalue weighted by atomic mass is 10.0. The minimum absolute atomic E-state index is 0. The molecule has 0 aliphatic carbocycles. The van der Waals surface area contributed by atoms with Gasteiger partial charge in [-0.05, 0) is 33.0 Å². The van der Waals surface area contributed by atoms with E-state index < -0.39 is 0 Å². The molecule has 1 aromatic heterocycles. The van der Waals surface area contributed by atoms with E-state index in [1.807, 2.05) is 31.2 Å². The van der Waals surface area contributed by atoms with Crippen molar-refractivity contribution >= 4 is 29.9 Å². The molecule has 1 aromatic carbocycles. The molecule has 0 aliphatic heterocycles. The minimum Gasteiger partial charge on any atom is -0.496 e. The predicted octanol–water partition coefficient (Wildman–Crippen LogP) is 3.78. The molecule has 162 valence electrons. The van der Waals surface area contributed by atoms with Gasteiger partial charge in [0, 0.05) is 24.7 Å². The van der Waals surface area contributed by atoms with Crippen molar-refractivity contribution in [2.24, 2.45) is 4.99 Å². The monoisotopic (exact) mass is 515 g/mol. The zero-order valence-electron chi connectivity index (χ0n) is 18.2. The summed E-state index contributed by atoms with van der Waals surface area (Å²) in [6.07, 6.45) is 0. The van der Waals surface area contributed by atoms with Crippen molar-refractivity contribution in [3.05, 3.63) is 47.3 Å². The first kappa shape index (κ1) is 25.2. The molecule has 1 atom stereocenters. The fourth-order valence-electron chi connectivity index (χ4n) is 2.88. The summed E-state index contributed by atoms with van der Waals surface area (Å²) in [5.74, 6) is 2.73. The first-order valence-corrected chi connectivity index (χ1v) is 9.73. The molecule has 0 amide bonds. The number of halogens is 1. The van der Waals surface area contributed by atoms with Gasteiger partial charge < -0.3 is 24.8 Å². The van der Waals surface area contributed by atoms with E-state index in [1.165, 1.54) is 0 Å². The van der Waals surface area contributed by atoms with Crippen LogP contribution in [0.1, 0.15) is 49.7 Å². The standard InChI is InChI=1S/C21H33N5O2.HI/c1-7-22-21(23-13-16-12-18(15(2)3)25-28-16)24-14-19(26(4)5)17-10-8-9-11-20(17)27-6;/h8-12,15,19H,7,13-14H2,1-6H3,(H2,22,23,24);1H. The number of likely N-dealkylation sites (N-methyl/N-ethyl adjacent to an activating group) is 1. The largest absolute Gasteiger partial charge is 0.496 e. The van der Waals surface area contributed by atoms with Crippen LogP contribution in [0.3, 0.4) is 0 Å². The molecule has 0 radical (unpaired) electrons. The molecule has 0 aliphatic rings. The van der Waals surface area contributed by atoms with E-state index in [-0.39, 0.29) is 30.0 Å². The van der Waals surface area contributed by atoms with Crippen molar-refractivity contribution in [2.75, 3.05) is 34.3 Å². The average Bonchev–Trinajstić information content (AvgIpc) is 3.15. The highest BCUT2D eigenvalue weighted by Gasteiger charge is 2.18. The maximum Gasteiger partial charge on any atom is 0.191 e. The minimum atomic E-state index is 0. The third kappa shape index (κ3) is 7.50. The maximum atomic E-state index is 5.54. The number of benzene rings is 1. The summed E-state index contributed by atoms with van der Waals surface area (Å²) in [6, 6.07) is 10.2. The highest BCUT2D eigenvalue weighted by molar-refractivity contribution is 14.0. The molecule has 2 N–H and O–H groups in total. The lowest BCUT2D eigenvalue weighted by Crippen LogP contribution is -2.41. The number of aliphatic imine (C=N–C) groups is 1. The van der Waals surface area contributed by atoms with Gasteiger partial charge in [0.05, 0.1) is 18.8 Å². The van der Waals surface area contributed by atoms with Crippen molar-refractivity contribution in [1.82, 2.24) is 20.7 Å². The Hall–Kier alpha value is -1.81. The van der Waals surface area contributed by atoms with Crippen molar-refractivity contribution in [2.45, 2.75) is 39.3 Å². The second kappa shape index (κ2) is 12.7. The lowest BCUT2D eigenvalue weighted by molar-refractivity contribution is 0.287. The van der Waals surface area contributed by atoms with Gasteiger partial charge in [0.25, 0.3) is 0 Å². The van der Waals surface area contributed by atoms with Crippen LogP contribution in [-0.2, 0) is 6.54 Å². The van der Waals surface area contributed by atoms with Gasteiger partial charge in [-0.2, -0.15) is 0 Å². The van der Waals surface area contributed by atoms with Gasteiger partial charge in [0.15, 0.2) is 11.7 Å². The summed E-state index contributed by atoms with van der Waals surface area (Å²) in [6.45, 7) is 8.14. The Bertz CT molecular complexity index is 761. The van der Waals surface area contributed by atoms with Crippen LogP contribution in [0.25, 0.3) is 0 Å². The molecule has 7 nitrogen and oxygen atoms in total. The van der Waals surface area contributed by atoms with Crippen molar-refractivity contribution in [1.29, 1.82) is 0 Å². The van der Waals surface area contributed by atoms with E-state index >= 15 is 0 Å². The number of hydrogen-bond donors (Lipinski definition) is 2. The molecule has 1 unspecified atom stereocenters. The van der Waals surface area contributed by atoms with Crippen molar-refractivity contribution in [3.63, 3.8) is 0 Å². The van der Waals surface area contributed by atoms with Gasteiger partial charge in [0.2, 0.25) is 0 Å². The van der Waals surface area contributed by atoms with E-state index in [0.29, 0.717) is 19.0 Å². The zero-order chi connectivity index (χ0) is 20.5. The summed E-state index contributed by atoms with van der Waals surface area (Å²) >= 11 is 0. The van der Waals surface area contributed by atoms with Crippen LogP contribution in [0.2, 0.25) is 0 Å². The van der Waals surface area contributed by atoms with E-state index in [9.17, 15) is 0 Å². The highest BCUT2D eigenvalue weighted by atomic mass is 127. The van der Waals surface area contributed by atoms with Crippen LogP contribution in [0.5, 0.6) is 5.75 Å². The van der Waals surface area contributed by atoms with Crippen LogP contribution in [0.4, 0.5) is 0 Å². The van der Waals surface area contributed by atoms with Crippen LogP contribution >= 0.6 is 24.0 Å². The Morgan fingerprint density at radius 2 is 1.97 bits per heavy atom. The number of guanidine groups is 1. The number of hydrogen-bond acceptors (Lipinski definition) is 5. The fourth-order valence-corrected chi connectivity index (χ4v) is 2.88.